The smallest absolute Gasteiger partial charge is 0.416 e. The van der Waals surface area contributed by atoms with Crippen molar-refractivity contribution < 1.29 is 27.9 Å². The Morgan fingerprint density at radius 2 is 2.00 bits per heavy atom. The van der Waals surface area contributed by atoms with Crippen LogP contribution < -0.4 is 0 Å². The van der Waals surface area contributed by atoms with Crippen LogP contribution in [-0.2, 0) is 15.8 Å². The van der Waals surface area contributed by atoms with Crippen molar-refractivity contribution in [2.75, 3.05) is 6.54 Å². The van der Waals surface area contributed by atoms with Crippen molar-refractivity contribution >= 4 is 11.9 Å². The maximum atomic E-state index is 12.7. The first-order valence-corrected chi connectivity index (χ1v) is 7.30. The minimum atomic E-state index is -4.42. The largest absolute Gasteiger partial charge is 0.480 e. The number of carbonyl (C=O) groups excluding carboxylic acids is 1. The molecule has 0 radical (unpaired) electrons. The molecule has 1 aliphatic rings. The first-order valence-electron chi connectivity index (χ1n) is 7.30. The molecule has 1 saturated carbocycles. The lowest BCUT2D eigenvalue weighted by Gasteiger charge is -2.25. The number of benzene rings is 1. The van der Waals surface area contributed by atoms with E-state index in [0.29, 0.717) is 12.0 Å². The second-order valence-electron chi connectivity index (χ2n) is 6.03. The Labute approximate surface area is 131 Å². The molecule has 0 aromatic heterocycles. The zero-order valence-corrected chi connectivity index (χ0v) is 12.8. The van der Waals surface area contributed by atoms with Crippen molar-refractivity contribution in [1.82, 2.24) is 4.90 Å². The van der Waals surface area contributed by atoms with E-state index in [1.807, 2.05) is 0 Å². The van der Waals surface area contributed by atoms with Crippen molar-refractivity contribution in [3.8, 4) is 0 Å². The van der Waals surface area contributed by atoms with E-state index in [1.165, 1.54) is 11.0 Å². The van der Waals surface area contributed by atoms with Gasteiger partial charge in [-0.25, -0.2) is 0 Å². The Morgan fingerprint density at radius 1 is 1.35 bits per heavy atom. The van der Waals surface area contributed by atoms with Gasteiger partial charge in [0.25, 0.3) is 0 Å². The number of rotatable bonds is 5. The van der Waals surface area contributed by atoms with E-state index in [-0.39, 0.29) is 17.9 Å². The molecule has 0 spiro atoms. The monoisotopic (exact) mass is 329 g/mol. The summed E-state index contributed by atoms with van der Waals surface area (Å²) < 4.78 is 38.2. The second kappa shape index (κ2) is 6.22. The Morgan fingerprint density at radius 3 is 2.52 bits per heavy atom. The molecule has 0 heterocycles. The van der Waals surface area contributed by atoms with Gasteiger partial charge in [-0.15, -0.1) is 0 Å². The summed E-state index contributed by atoms with van der Waals surface area (Å²) >= 11 is 0. The van der Waals surface area contributed by atoms with Gasteiger partial charge < -0.3 is 10.0 Å². The van der Waals surface area contributed by atoms with Crippen LogP contribution in [0.3, 0.4) is 0 Å². The molecule has 2 atom stereocenters. The van der Waals surface area contributed by atoms with E-state index in [2.05, 4.69) is 0 Å². The summed E-state index contributed by atoms with van der Waals surface area (Å²) in [5.41, 5.74) is -0.267. The van der Waals surface area contributed by atoms with Gasteiger partial charge in [0.1, 0.15) is 6.54 Å². The Hall–Kier alpha value is -2.05. The third-order valence-corrected chi connectivity index (χ3v) is 3.96. The second-order valence-corrected chi connectivity index (χ2v) is 6.03. The molecule has 1 aromatic rings. The molecule has 1 fully saturated rings. The quantitative estimate of drug-likeness (QED) is 0.903. The zero-order valence-electron chi connectivity index (χ0n) is 12.8. The number of hydrogen-bond donors (Lipinski definition) is 1. The highest BCUT2D eigenvalue weighted by molar-refractivity contribution is 5.86. The minimum absolute atomic E-state index is 0.277. The van der Waals surface area contributed by atoms with E-state index < -0.39 is 30.2 Å². The standard InChI is InChI=1S/C16H18F3NO3/c1-9(2)20(8-14(21)22)15(23)13-7-12(13)10-4-3-5-11(6-10)16(17,18)19/h3-6,9,12-13H,7-8H2,1-2H3,(H,21,22). The van der Waals surface area contributed by atoms with Crippen LogP contribution in [0.5, 0.6) is 0 Å². The van der Waals surface area contributed by atoms with Crippen molar-refractivity contribution in [2.45, 2.75) is 38.4 Å². The van der Waals surface area contributed by atoms with Crippen LogP contribution in [0.4, 0.5) is 13.2 Å². The lowest BCUT2D eigenvalue weighted by atomic mass is 10.0. The van der Waals surface area contributed by atoms with Crippen LogP contribution >= 0.6 is 0 Å². The Kier molecular flexibility index (Phi) is 4.68. The first-order chi connectivity index (χ1) is 10.6. The number of carboxylic acid groups (broad SMARTS) is 1. The highest BCUT2D eigenvalue weighted by atomic mass is 19.4. The summed E-state index contributed by atoms with van der Waals surface area (Å²) in [7, 11) is 0. The molecule has 4 nitrogen and oxygen atoms in total. The van der Waals surface area contributed by atoms with Gasteiger partial charge in [-0.05, 0) is 37.8 Å². The van der Waals surface area contributed by atoms with Crippen molar-refractivity contribution in [3.05, 3.63) is 35.4 Å². The maximum absolute atomic E-state index is 12.7. The number of amides is 1. The van der Waals surface area contributed by atoms with Crippen LogP contribution in [0, 0.1) is 5.92 Å². The topological polar surface area (TPSA) is 57.6 Å². The van der Waals surface area contributed by atoms with E-state index in [9.17, 15) is 22.8 Å². The molecular formula is C16H18F3NO3. The van der Waals surface area contributed by atoms with E-state index in [1.54, 1.807) is 19.9 Å². The fourth-order valence-corrected chi connectivity index (χ4v) is 2.66. The number of carbonyl (C=O) groups is 2. The van der Waals surface area contributed by atoms with Gasteiger partial charge in [-0.2, -0.15) is 13.2 Å². The summed E-state index contributed by atoms with van der Waals surface area (Å²) in [6.45, 7) is 3.02. The molecule has 1 aromatic carbocycles. The predicted octanol–water partition coefficient (Wildman–Crippen LogP) is 3.13. The summed E-state index contributed by atoms with van der Waals surface area (Å²) in [5.74, 6) is -2.15. The first kappa shape index (κ1) is 17.3. The molecule has 126 valence electrons. The maximum Gasteiger partial charge on any atom is 0.416 e. The average Bonchev–Trinajstić information content (AvgIpc) is 3.23. The van der Waals surface area contributed by atoms with Gasteiger partial charge in [0.05, 0.1) is 5.56 Å². The SMILES string of the molecule is CC(C)N(CC(=O)O)C(=O)C1CC1c1cccc(C(F)(F)F)c1. The number of nitrogens with zero attached hydrogens (tertiary/aromatic N) is 1. The predicted molar refractivity (Wildman–Crippen MR) is 76.8 cm³/mol. The third kappa shape index (κ3) is 4.03. The van der Waals surface area contributed by atoms with Crippen molar-refractivity contribution in [3.63, 3.8) is 0 Å². The van der Waals surface area contributed by atoms with Gasteiger partial charge in [-0.1, -0.05) is 18.2 Å². The van der Waals surface area contributed by atoms with Gasteiger partial charge in [0, 0.05) is 12.0 Å². The third-order valence-electron chi connectivity index (χ3n) is 3.96. The number of hydrogen-bond acceptors (Lipinski definition) is 2. The molecule has 1 aliphatic carbocycles. The van der Waals surface area contributed by atoms with Gasteiger partial charge >= 0.3 is 12.1 Å². The molecule has 1 amide bonds. The van der Waals surface area contributed by atoms with E-state index >= 15 is 0 Å². The normalized spacial score (nSPS) is 20.4. The lowest BCUT2D eigenvalue weighted by Crippen LogP contribution is -2.41. The number of halogens is 3. The van der Waals surface area contributed by atoms with Crippen LogP contribution in [0.25, 0.3) is 0 Å². The molecule has 0 aliphatic heterocycles. The van der Waals surface area contributed by atoms with Crippen molar-refractivity contribution in [1.29, 1.82) is 0 Å². The van der Waals surface area contributed by atoms with E-state index in [0.717, 1.165) is 12.1 Å². The fourth-order valence-electron chi connectivity index (χ4n) is 2.66. The van der Waals surface area contributed by atoms with Crippen LogP contribution in [0.15, 0.2) is 24.3 Å². The summed E-state index contributed by atoms with van der Waals surface area (Å²) in [4.78, 5) is 24.5. The molecule has 2 unspecified atom stereocenters. The number of carboxylic acids is 1. The molecule has 7 heteroatoms. The van der Waals surface area contributed by atoms with Gasteiger partial charge in [0.15, 0.2) is 0 Å². The van der Waals surface area contributed by atoms with Crippen molar-refractivity contribution in [2.24, 2.45) is 5.92 Å². The van der Waals surface area contributed by atoms with E-state index in [4.69, 9.17) is 5.11 Å². The Balaban J connectivity index is 2.12. The molecule has 1 N–H and O–H groups in total. The Bertz CT molecular complexity index is 613. The highest BCUT2D eigenvalue weighted by Gasteiger charge is 2.47. The lowest BCUT2D eigenvalue weighted by molar-refractivity contribution is -0.146. The van der Waals surface area contributed by atoms with Crippen LogP contribution in [0.2, 0.25) is 0 Å². The van der Waals surface area contributed by atoms with Gasteiger partial charge in [0.2, 0.25) is 5.91 Å². The van der Waals surface area contributed by atoms with Crippen LogP contribution in [-0.4, -0.2) is 34.5 Å². The molecule has 0 bridgehead atoms. The highest BCUT2D eigenvalue weighted by Crippen LogP contribution is 2.49. The molecule has 0 saturated heterocycles. The molecule has 2 rings (SSSR count). The summed E-state index contributed by atoms with van der Waals surface area (Å²) in [5, 5.41) is 8.87. The number of aliphatic carboxylic acids is 1. The summed E-state index contributed by atoms with van der Waals surface area (Å²) in [6, 6.07) is 4.68. The minimum Gasteiger partial charge on any atom is -0.480 e. The fraction of sp³-hybridized carbons (Fsp3) is 0.500. The average molecular weight is 329 g/mol. The number of alkyl halides is 3. The van der Waals surface area contributed by atoms with Gasteiger partial charge in [-0.3, -0.25) is 9.59 Å². The summed E-state index contributed by atoms with van der Waals surface area (Å²) in [6.07, 6.45) is -3.97. The zero-order chi connectivity index (χ0) is 17.4. The molecule has 23 heavy (non-hydrogen) atoms. The molecular weight excluding hydrogens is 311 g/mol. The van der Waals surface area contributed by atoms with Crippen LogP contribution in [0.1, 0.15) is 37.3 Å².